The maximum absolute atomic E-state index is 14.1. The molecule has 0 spiro atoms. The van der Waals surface area contributed by atoms with Gasteiger partial charge in [-0.2, -0.15) is 0 Å². The molecule has 6 atom stereocenters. The molecule has 13 heteroatoms. The normalized spacial score (nSPS) is 23.7. The van der Waals surface area contributed by atoms with Crippen molar-refractivity contribution >= 4 is 29.7 Å². The zero-order valence-electron chi connectivity index (χ0n) is 23.0. The van der Waals surface area contributed by atoms with Gasteiger partial charge in [0.1, 0.15) is 17.6 Å². The lowest BCUT2D eigenvalue weighted by Crippen LogP contribution is -2.65. The van der Waals surface area contributed by atoms with Crippen LogP contribution in [0, 0.1) is 6.92 Å². The van der Waals surface area contributed by atoms with Crippen molar-refractivity contribution in [2.75, 3.05) is 13.1 Å². The Hall–Kier alpha value is -3.71. The van der Waals surface area contributed by atoms with Crippen LogP contribution in [-0.2, 0) is 30.3 Å². The molecular formula is C27H39N5O8. The van der Waals surface area contributed by atoms with Crippen LogP contribution >= 0.6 is 0 Å². The number of hydrogen-bond acceptors (Lipinski definition) is 8. The quantitative estimate of drug-likeness (QED) is 0.241. The molecule has 0 aromatic heterocycles. The van der Waals surface area contributed by atoms with Gasteiger partial charge >= 0.3 is 6.09 Å². The van der Waals surface area contributed by atoms with Crippen LogP contribution in [0.5, 0.6) is 0 Å². The first kappa shape index (κ1) is 30.8. The highest BCUT2D eigenvalue weighted by molar-refractivity contribution is 5.98. The second kappa shape index (κ2) is 12.6. The fraction of sp³-hybridized carbons (Fsp3) is 0.593. The highest BCUT2D eigenvalue weighted by Gasteiger charge is 2.53. The van der Waals surface area contributed by atoms with E-state index >= 15 is 0 Å². The van der Waals surface area contributed by atoms with Crippen molar-refractivity contribution in [3.05, 3.63) is 35.4 Å². The topological polar surface area (TPSA) is 206 Å². The summed E-state index contributed by atoms with van der Waals surface area (Å²) in [4.78, 5) is 67.4. The van der Waals surface area contributed by atoms with Crippen molar-refractivity contribution in [2.45, 2.75) is 88.8 Å². The number of primary amides is 2. The third kappa shape index (κ3) is 6.53. The van der Waals surface area contributed by atoms with Crippen LogP contribution in [0.1, 0.15) is 50.7 Å². The number of amides is 5. The van der Waals surface area contributed by atoms with Gasteiger partial charge in [-0.15, -0.1) is 0 Å². The average molecular weight is 562 g/mol. The van der Waals surface area contributed by atoms with Crippen LogP contribution in [0.2, 0.25) is 0 Å². The van der Waals surface area contributed by atoms with Gasteiger partial charge in [-0.1, -0.05) is 29.8 Å². The predicted molar refractivity (Wildman–Crippen MR) is 142 cm³/mol. The van der Waals surface area contributed by atoms with E-state index in [1.807, 2.05) is 31.2 Å². The molecule has 0 radical (unpaired) electrons. The summed E-state index contributed by atoms with van der Waals surface area (Å²) in [5, 5.41) is 22.7. The van der Waals surface area contributed by atoms with Crippen molar-refractivity contribution in [1.82, 2.24) is 15.1 Å². The third-order valence-electron chi connectivity index (χ3n) is 7.58. The molecule has 1 unspecified atom stereocenters. The summed E-state index contributed by atoms with van der Waals surface area (Å²) in [6, 6.07) is 5.13. The molecule has 0 bridgehead atoms. The molecule has 2 aliphatic rings. The van der Waals surface area contributed by atoms with Gasteiger partial charge in [0.05, 0.1) is 12.2 Å². The molecule has 220 valence electrons. The van der Waals surface area contributed by atoms with Gasteiger partial charge in [0.2, 0.25) is 23.8 Å². The number of aliphatic hydroxyl groups excluding tert-OH is 2. The van der Waals surface area contributed by atoms with Crippen LogP contribution in [-0.4, -0.2) is 98.8 Å². The van der Waals surface area contributed by atoms with Crippen LogP contribution in [0.3, 0.4) is 0 Å². The minimum atomic E-state index is -1.59. The number of aryl methyl sites for hydroxylation is 1. The fourth-order valence-electron chi connectivity index (χ4n) is 5.68. The standard InChI is InChI=1S/C27H39N5O8/c1-15-7-4-8-18(13-15)14-27(25(38)30-20(16(2)33)22(28)35)10-6-12-32(27)23(36)19-9-5-11-31(19)24(37)21(17(3)34)40-26(29)39/h4,7-8,13,16-17,19-21,33-34H,5-6,9-12,14H2,1-3H3,(H2,28,35)(H2,29,39)(H,30,38)/t16-,17-,19+,20+,21+,27?/m1/s1. The minimum absolute atomic E-state index is 0.124. The van der Waals surface area contributed by atoms with Crippen molar-refractivity contribution in [1.29, 1.82) is 0 Å². The second-order valence-electron chi connectivity index (χ2n) is 10.7. The maximum atomic E-state index is 14.1. The van der Waals surface area contributed by atoms with Gasteiger partial charge in [0.15, 0.2) is 0 Å². The monoisotopic (exact) mass is 561 g/mol. The molecule has 2 fully saturated rings. The number of aliphatic hydroxyl groups is 2. The number of nitrogens with two attached hydrogens (primary N) is 2. The van der Waals surface area contributed by atoms with E-state index in [4.69, 9.17) is 16.2 Å². The molecule has 5 amide bonds. The van der Waals surface area contributed by atoms with Crippen LogP contribution < -0.4 is 16.8 Å². The van der Waals surface area contributed by atoms with Gasteiger partial charge in [-0.3, -0.25) is 19.2 Å². The average Bonchev–Trinajstić information content (AvgIpc) is 3.52. The number of likely N-dealkylation sites (tertiary alicyclic amines) is 2. The molecular weight excluding hydrogens is 522 g/mol. The molecule has 40 heavy (non-hydrogen) atoms. The highest BCUT2D eigenvalue weighted by Crippen LogP contribution is 2.36. The first-order chi connectivity index (χ1) is 18.8. The zero-order valence-corrected chi connectivity index (χ0v) is 23.0. The Bertz CT molecular complexity index is 1140. The smallest absolute Gasteiger partial charge is 0.405 e. The third-order valence-corrected chi connectivity index (χ3v) is 7.58. The summed E-state index contributed by atoms with van der Waals surface area (Å²) < 4.78 is 4.84. The molecule has 3 rings (SSSR count). The Kier molecular flexibility index (Phi) is 9.74. The minimum Gasteiger partial charge on any atom is -0.433 e. The number of benzene rings is 1. The molecule has 0 aliphatic carbocycles. The van der Waals surface area contributed by atoms with Gasteiger partial charge in [-0.05, 0) is 52.0 Å². The van der Waals surface area contributed by atoms with E-state index in [1.54, 1.807) is 0 Å². The Morgan fingerprint density at radius 1 is 1.10 bits per heavy atom. The first-order valence-corrected chi connectivity index (χ1v) is 13.4. The molecule has 0 saturated carbocycles. The van der Waals surface area contributed by atoms with Crippen molar-refractivity contribution in [3.63, 3.8) is 0 Å². The summed E-state index contributed by atoms with van der Waals surface area (Å²) in [5.41, 5.74) is 10.8. The highest BCUT2D eigenvalue weighted by atomic mass is 16.6. The molecule has 7 N–H and O–H groups in total. The summed E-state index contributed by atoms with van der Waals surface area (Å²) in [6.07, 6.45) is -3.84. The molecule has 2 heterocycles. The summed E-state index contributed by atoms with van der Waals surface area (Å²) in [6.45, 7) is 4.89. The lowest BCUT2D eigenvalue weighted by atomic mass is 9.85. The Labute approximate surface area is 232 Å². The second-order valence-corrected chi connectivity index (χ2v) is 10.7. The van der Waals surface area contributed by atoms with E-state index in [1.165, 1.54) is 23.6 Å². The lowest BCUT2D eigenvalue weighted by molar-refractivity contribution is -0.156. The molecule has 1 aromatic carbocycles. The number of hydrogen-bond donors (Lipinski definition) is 5. The fourth-order valence-corrected chi connectivity index (χ4v) is 5.68. The maximum Gasteiger partial charge on any atom is 0.405 e. The molecule has 13 nitrogen and oxygen atoms in total. The summed E-state index contributed by atoms with van der Waals surface area (Å²) in [5.74, 6) is -2.81. The van der Waals surface area contributed by atoms with E-state index in [0.717, 1.165) is 11.1 Å². The van der Waals surface area contributed by atoms with E-state index in [0.29, 0.717) is 19.3 Å². The van der Waals surface area contributed by atoms with Crippen LogP contribution in [0.15, 0.2) is 24.3 Å². The Balaban J connectivity index is 1.98. The predicted octanol–water partition coefficient (Wildman–Crippen LogP) is -0.915. The van der Waals surface area contributed by atoms with Crippen molar-refractivity contribution < 1.29 is 38.9 Å². The number of nitrogens with zero attached hydrogens (tertiary/aromatic N) is 2. The van der Waals surface area contributed by atoms with Gasteiger partial charge in [-0.25, -0.2) is 4.79 Å². The SMILES string of the molecule is Cc1cccc(CC2(C(=O)N[C@H](C(N)=O)[C@@H](C)O)CCCN2C(=O)[C@@H]2CCCN2C(=O)[C@@H](OC(N)=O)[C@@H](C)O)c1. The van der Waals surface area contributed by atoms with E-state index in [-0.39, 0.29) is 25.9 Å². The number of carbonyl (C=O) groups is 5. The molecule has 1 aromatic rings. The Morgan fingerprint density at radius 2 is 1.80 bits per heavy atom. The van der Waals surface area contributed by atoms with Crippen molar-refractivity contribution in [3.8, 4) is 0 Å². The van der Waals surface area contributed by atoms with Crippen LogP contribution in [0.25, 0.3) is 0 Å². The van der Waals surface area contributed by atoms with Crippen molar-refractivity contribution in [2.24, 2.45) is 11.5 Å². The lowest BCUT2D eigenvalue weighted by Gasteiger charge is -2.41. The number of carbonyl (C=O) groups excluding carboxylic acids is 5. The summed E-state index contributed by atoms with van der Waals surface area (Å²) >= 11 is 0. The van der Waals surface area contributed by atoms with Gasteiger partial charge < -0.3 is 41.5 Å². The van der Waals surface area contributed by atoms with E-state index < -0.39 is 65.7 Å². The Morgan fingerprint density at radius 3 is 2.38 bits per heavy atom. The van der Waals surface area contributed by atoms with E-state index in [9.17, 15) is 34.2 Å². The molecule has 2 aliphatic heterocycles. The number of rotatable bonds is 10. The van der Waals surface area contributed by atoms with E-state index in [2.05, 4.69) is 5.32 Å². The largest absolute Gasteiger partial charge is 0.433 e. The number of nitrogens with one attached hydrogen (secondary N) is 1. The first-order valence-electron chi connectivity index (χ1n) is 13.4. The van der Waals surface area contributed by atoms with Crippen LogP contribution in [0.4, 0.5) is 4.79 Å². The summed E-state index contributed by atoms with van der Waals surface area (Å²) in [7, 11) is 0. The van der Waals surface area contributed by atoms with Gasteiger partial charge in [0, 0.05) is 19.5 Å². The zero-order chi connectivity index (χ0) is 29.8. The number of ether oxygens (including phenoxy) is 1. The molecule has 2 saturated heterocycles. The van der Waals surface area contributed by atoms with Gasteiger partial charge in [0.25, 0.3) is 5.91 Å².